The fraction of sp³-hybridized carbons (Fsp3) is 0.500. The van der Waals surface area contributed by atoms with Gasteiger partial charge in [0.05, 0.1) is 6.10 Å². The molecule has 1 aliphatic heterocycles. The van der Waals surface area contributed by atoms with Crippen LogP contribution in [-0.2, 0) is 9.53 Å². The Labute approximate surface area is 52.9 Å². The first kappa shape index (κ1) is 6.29. The van der Waals surface area contributed by atoms with E-state index in [0.717, 1.165) is 0 Å². The molecule has 1 heterocycles. The van der Waals surface area contributed by atoms with Gasteiger partial charge in [0.1, 0.15) is 0 Å². The number of epoxide rings is 1. The van der Waals surface area contributed by atoms with E-state index < -0.39 is 12.1 Å². The van der Waals surface area contributed by atoms with Crippen molar-refractivity contribution in [2.24, 2.45) is 0 Å². The Balaban J connectivity index is 2.24. The molecule has 0 radical (unpaired) electrons. The molecule has 0 aromatic heterocycles. The maximum Gasteiger partial charge on any atom is 0.335 e. The Morgan fingerprint density at radius 2 is 2.56 bits per heavy atom. The lowest BCUT2D eigenvalue weighted by Gasteiger charge is -1.80. The third kappa shape index (κ3) is 1.29. The second kappa shape index (κ2) is 2.19. The van der Waals surface area contributed by atoms with Crippen molar-refractivity contribution in [1.82, 2.24) is 0 Å². The fourth-order valence-corrected chi connectivity index (χ4v) is 0.704. The monoisotopic (exact) mass is 128 g/mol. The van der Waals surface area contributed by atoms with Crippen LogP contribution in [0.1, 0.15) is 6.42 Å². The van der Waals surface area contributed by atoms with Crippen LogP contribution in [0.2, 0.25) is 0 Å². The molecular formula is C6H8O3. The van der Waals surface area contributed by atoms with Crippen LogP contribution in [0.3, 0.4) is 0 Å². The first-order valence-corrected chi connectivity index (χ1v) is 2.75. The van der Waals surface area contributed by atoms with Gasteiger partial charge >= 0.3 is 5.97 Å². The van der Waals surface area contributed by atoms with E-state index in [4.69, 9.17) is 9.84 Å². The van der Waals surface area contributed by atoms with Crippen molar-refractivity contribution >= 4 is 5.97 Å². The van der Waals surface area contributed by atoms with Crippen molar-refractivity contribution in [2.45, 2.75) is 18.6 Å². The average molecular weight is 128 g/mol. The van der Waals surface area contributed by atoms with Gasteiger partial charge in [-0.15, -0.1) is 6.58 Å². The molecule has 0 aromatic carbocycles. The van der Waals surface area contributed by atoms with Crippen LogP contribution >= 0.6 is 0 Å². The van der Waals surface area contributed by atoms with Crippen LogP contribution in [0.25, 0.3) is 0 Å². The summed E-state index contributed by atoms with van der Waals surface area (Å²) in [5.41, 5.74) is 0. The minimum atomic E-state index is -0.873. The zero-order valence-electron chi connectivity index (χ0n) is 4.91. The molecule has 1 N–H and O–H groups in total. The summed E-state index contributed by atoms with van der Waals surface area (Å²) < 4.78 is 4.75. The highest BCUT2D eigenvalue weighted by Crippen LogP contribution is 2.25. The highest BCUT2D eigenvalue weighted by Gasteiger charge is 2.43. The van der Waals surface area contributed by atoms with Crippen LogP contribution in [0.5, 0.6) is 0 Å². The minimum Gasteiger partial charge on any atom is -0.479 e. The minimum absolute atomic E-state index is 0.111. The fourth-order valence-electron chi connectivity index (χ4n) is 0.704. The Kier molecular flexibility index (Phi) is 1.53. The smallest absolute Gasteiger partial charge is 0.335 e. The second-order valence-electron chi connectivity index (χ2n) is 1.96. The van der Waals surface area contributed by atoms with Crippen molar-refractivity contribution < 1.29 is 14.6 Å². The van der Waals surface area contributed by atoms with Crippen molar-refractivity contribution in [3.8, 4) is 0 Å². The zero-order chi connectivity index (χ0) is 6.85. The lowest BCUT2D eigenvalue weighted by atomic mass is 10.2. The van der Waals surface area contributed by atoms with E-state index in [1.54, 1.807) is 6.08 Å². The Hall–Kier alpha value is -0.830. The summed E-state index contributed by atoms with van der Waals surface area (Å²) in [5, 5.41) is 8.29. The molecule has 50 valence electrons. The molecule has 0 spiro atoms. The highest BCUT2D eigenvalue weighted by atomic mass is 16.6. The Bertz CT molecular complexity index is 141. The average Bonchev–Trinajstić information content (AvgIpc) is 2.47. The quantitative estimate of drug-likeness (QED) is 0.442. The first-order chi connectivity index (χ1) is 4.25. The van der Waals surface area contributed by atoms with E-state index in [0.29, 0.717) is 6.42 Å². The van der Waals surface area contributed by atoms with E-state index in [1.165, 1.54) is 0 Å². The number of ether oxygens (including phenoxy) is 1. The topological polar surface area (TPSA) is 49.8 Å². The number of rotatable bonds is 3. The molecule has 0 aromatic rings. The van der Waals surface area contributed by atoms with Gasteiger partial charge in [0.15, 0.2) is 6.10 Å². The summed E-state index contributed by atoms with van der Waals surface area (Å²) in [4.78, 5) is 10.1. The van der Waals surface area contributed by atoms with Gasteiger partial charge in [-0.1, -0.05) is 6.08 Å². The third-order valence-corrected chi connectivity index (χ3v) is 1.22. The van der Waals surface area contributed by atoms with Gasteiger partial charge in [0.25, 0.3) is 0 Å². The maximum absolute atomic E-state index is 10.1. The number of carbonyl (C=O) groups is 1. The van der Waals surface area contributed by atoms with Crippen LogP contribution in [0, 0.1) is 0 Å². The lowest BCUT2D eigenvalue weighted by molar-refractivity contribution is -0.138. The molecule has 2 atom stereocenters. The summed E-state index contributed by atoms with van der Waals surface area (Å²) in [6.07, 6.45) is 1.62. The molecule has 0 aliphatic carbocycles. The first-order valence-electron chi connectivity index (χ1n) is 2.75. The molecule has 3 heteroatoms. The highest BCUT2D eigenvalue weighted by molar-refractivity contribution is 5.75. The molecule has 1 fully saturated rings. The van der Waals surface area contributed by atoms with Gasteiger partial charge in [0.2, 0.25) is 0 Å². The van der Waals surface area contributed by atoms with Gasteiger partial charge in [-0.05, 0) is 6.42 Å². The maximum atomic E-state index is 10.1. The molecule has 3 nitrogen and oxygen atoms in total. The van der Waals surface area contributed by atoms with Crippen LogP contribution in [0.4, 0.5) is 0 Å². The molecule has 0 bridgehead atoms. The predicted octanol–water partition coefficient (Wildman–Crippen LogP) is 0.414. The lowest BCUT2D eigenvalue weighted by Crippen LogP contribution is -2.06. The van der Waals surface area contributed by atoms with Crippen molar-refractivity contribution in [1.29, 1.82) is 0 Å². The molecule has 1 rings (SSSR count). The van der Waals surface area contributed by atoms with Crippen LogP contribution in [0.15, 0.2) is 12.7 Å². The normalized spacial score (nSPS) is 31.6. The van der Waals surface area contributed by atoms with E-state index in [9.17, 15) is 4.79 Å². The van der Waals surface area contributed by atoms with E-state index >= 15 is 0 Å². The van der Waals surface area contributed by atoms with Gasteiger partial charge in [-0.2, -0.15) is 0 Å². The Morgan fingerprint density at radius 3 is 2.89 bits per heavy atom. The van der Waals surface area contributed by atoms with E-state index in [1.807, 2.05) is 0 Å². The van der Waals surface area contributed by atoms with Crippen molar-refractivity contribution in [2.75, 3.05) is 0 Å². The van der Waals surface area contributed by atoms with E-state index in [-0.39, 0.29) is 6.10 Å². The van der Waals surface area contributed by atoms with Crippen LogP contribution < -0.4 is 0 Å². The second-order valence-corrected chi connectivity index (χ2v) is 1.96. The summed E-state index contributed by atoms with van der Waals surface area (Å²) in [6, 6.07) is 0. The van der Waals surface area contributed by atoms with E-state index in [2.05, 4.69) is 6.58 Å². The molecule has 2 unspecified atom stereocenters. The summed E-state index contributed by atoms with van der Waals surface area (Å²) in [7, 11) is 0. The zero-order valence-corrected chi connectivity index (χ0v) is 4.91. The molecule has 0 saturated carbocycles. The number of carboxylic acid groups (broad SMARTS) is 1. The van der Waals surface area contributed by atoms with Gasteiger partial charge in [-0.3, -0.25) is 0 Å². The van der Waals surface area contributed by atoms with Crippen molar-refractivity contribution in [3.63, 3.8) is 0 Å². The standard InChI is InChI=1S/C6H8O3/c1-2-3-4-5(9-4)6(7)8/h2,4-5H,1,3H2,(H,7,8). The summed E-state index contributed by atoms with van der Waals surface area (Å²) in [5.74, 6) is -0.873. The molecule has 1 aliphatic rings. The van der Waals surface area contributed by atoms with Crippen LogP contribution in [-0.4, -0.2) is 23.3 Å². The molecule has 1 saturated heterocycles. The SMILES string of the molecule is C=CCC1OC1C(=O)O. The van der Waals surface area contributed by atoms with Gasteiger partial charge in [-0.25, -0.2) is 4.79 Å². The third-order valence-electron chi connectivity index (χ3n) is 1.22. The molecule has 0 amide bonds. The summed E-state index contributed by atoms with van der Waals surface area (Å²) >= 11 is 0. The van der Waals surface area contributed by atoms with Gasteiger partial charge < -0.3 is 9.84 Å². The predicted molar refractivity (Wildman–Crippen MR) is 31.1 cm³/mol. The molecular weight excluding hydrogens is 120 g/mol. The van der Waals surface area contributed by atoms with Crippen molar-refractivity contribution in [3.05, 3.63) is 12.7 Å². The number of aliphatic carboxylic acids is 1. The molecule has 9 heavy (non-hydrogen) atoms. The number of hydrogen-bond donors (Lipinski definition) is 1. The number of hydrogen-bond acceptors (Lipinski definition) is 2. The summed E-state index contributed by atoms with van der Waals surface area (Å²) in [6.45, 7) is 3.46. The largest absolute Gasteiger partial charge is 0.479 e. The number of carboxylic acids is 1. The van der Waals surface area contributed by atoms with Gasteiger partial charge in [0, 0.05) is 0 Å². The Morgan fingerprint density at radius 1 is 1.89 bits per heavy atom.